The summed E-state index contributed by atoms with van der Waals surface area (Å²) in [6, 6.07) is 12.4. The average molecular weight is 299 g/mol. The third-order valence-electron chi connectivity index (χ3n) is 3.65. The van der Waals surface area contributed by atoms with Gasteiger partial charge in [0.2, 0.25) is 0 Å². The van der Waals surface area contributed by atoms with Crippen molar-refractivity contribution < 1.29 is 0 Å². The zero-order valence-electron chi connectivity index (χ0n) is 10.8. The second-order valence-corrected chi connectivity index (χ2v) is 6.46. The van der Waals surface area contributed by atoms with Crippen LogP contribution in [0.25, 0.3) is 16.4 Å². The molecule has 0 atom stereocenters. The van der Waals surface area contributed by atoms with Crippen LogP contribution in [0.15, 0.2) is 36.4 Å². The van der Waals surface area contributed by atoms with Gasteiger partial charge in [-0.1, -0.05) is 18.2 Å². The van der Waals surface area contributed by atoms with E-state index in [4.69, 9.17) is 12.2 Å². The van der Waals surface area contributed by atoms with Gasteiger partial charge in [0.25, 0.3) is 0 Å². The molecule has 3 nitrogen and oxygen atoms in total. The van der Waals surface area contributed by atoms with Gasteiger partial charge >= 0.3 is 0 Å². The van der Waals surface area contributed by atoms with Gasteiger partial charge in [0.15, 0.2) is 10.6 Å². The van der Waals surface area contributed by atoms with Crippen molar-refractivity contribution in [1.29, 1.82) is 0 Å². The Morgan fingerprint density at radius 3 is 2.85 bits per heavy atom. The van der Waals surface area contributed by atoms with Gasteiger partial charge in [-0.25, -0.2) is 0 Å². The van der Waals surface area contributed by atoms with Crippen LogP contribution in [0.4, 0.5) is 0 Å². The van der Waals surface area contributed by atoms with Crippen molar-refractivity contribution >= 4 is 23.6 Å². The summed E-state index contributed by atoms with van der Waals surface area (Å²) in [4.78, 5) is 2.71. The summed E-state index contributed by atoms with van der Waals surface area (Å²) in [5, 5.41) is 7.35. The first kappa shape index (κ1) is 12.1. The Morgan fingerprint density at radius 1 is 1.20 bits per heavy atom. The van der Waals surface area contributed by atoms with Crippen molar-refractivity contribution in [2.75, 3.05) is 0 Å². The van der Waals surface area contributed by atoms with Gasteiger partial charge in [0, 0.05) is 10.6 Å². The molecule has 20 heavy (non-hydrogen) atoms. The lowest BCUT2D eigenvalue weighted by Crippen LogP contribution is -1.96. The zero-order chi connectivity index (χ0) is 13.5. The highest BCUT2D eigenvalue weighted by molar-refractivity contribution is 7.71. The molecule has 100 valence electrons. The topological polar surface area (TPSA) is 33.6 Å². The number of H-pyrrole nitrogens is 1. The van der Waals surface area contributed by atoms with Gasteiger partial charge in [0.05, 0.1) is 4.88 Å². The number of nitrogens with one attached hydrogen (secondary N) is 1. The smallest absolute Gasteiger partial charge is 0.200 e. The molecule has 0 unspecified atom stereocenters. The molecule has 0 amide bonds. The fraction of sp³-hybridized carbons (Fsp3) is 0.200. The first-order valence-corrected chi connectivity index (χ1v) is 7.90. The quantitative estimate of drug-likeness (QED) is 0.721. The maximum atomic E-state index is 5.39. The Balaban J connectivity index is 1.89. The number of hydrogen-bond acceptors (Lipinski definition) is 3. The fourth-order valence-corrected chi connectivity index (χ4v) is 4.19. The summed E-state index contributed by atoms with van der Waals surface area (Å²) in [6.07, 6.45) is 3.69. The highest BCUT2D eigenvalue weighted by Crippen LogP contribution is 2.36. The lowest BCUT2D eigenvalue weighted by Gasteiger charge is -2.04. The largest absolute Gasteiger partial charge is 0.267 e. The van der Waals surface area contributed by atoms with Crippen molar-refractivity contribution in [3.8, 4) is 16.4 Å². The monoisotopic (exact) mass is 299 g/mol. The number of thiophene rings is 1. The number of fused-ring (bicyclic) bond motifs is 1. The van der Waals surface area contributed by atoms with E-state index in [2.05, 4.69) is 28.4 Å². The molecule has 5 heteroatoms. The number of aryl methyl sites for hydroxylation is 2. The van der Waals surface area contributed by atoms with Gasteiger partial charge < -0.3 is 0 Å². The predicted molar refractivity (Wildman–Crippen MR) is 84.1 cm³/mol. The molecule has 2 heterocycles. The minimum atomic E-state index is 0.639. The highest BCUT2D eigenvalue weighted by atomic mass is 32.1. The van der Waals surface area contributed by atoms with Crippen molar-refractivity contribution in [3.63, 3.8) is 0 Å². The molecule has 0 radical (unpaired) electrons. The molecule has 4 rings (SSSR count). The molecule has 1 aliphatic rings. The summed E-state index contributed by atoms with van der Waals surface area (Å²) in [6.45, 7) is 0. The van der Waals surface area contributed by atoms with Crippen LogP contribution < -0.4 is 0 Å². The van der Waals surface area contributed by atoms with Crippen LogP contribution in [-0.2, 0) is 12.8 Å². The van der Waals surface area contributed by atoms with E-state index in [1.807, 2.05) is 34.1 Å². The molecular weight excluding hydrogens is 286 g/mol. The van der Waals surface area contributed by atoms with Crippen LogP contribution in [0.2, 0.25) is 0 Å². The van der Waals surface area contributed by atoms with E-state index >= 15 is 0 Å². The molecule has 1 aliphatic carbocycles. The SMILES string of the molecule is S=c1[nH]nc(-c2cc3c(s2)CCC3)n1-c1ccccc1. The third-order valence-corrected chi connectivity index (χ3v) is 5.16. The van der Waals surface area contributed by atoms with E-state index < -0.39 is 0 Å². The van der Waals surface area contributed by atoms with E-state index in [1.54, 1.807) is 0 Å². The number of nitrogens with zero attached hydrogens (tertiary/aromatic N) is 2. The summed E-state index contributed by atoms with van der Waals surface area (Å²) in [5.74, 6) is 0.917. The average Bonchev–Trinajstić information content (AvgIpc) is 3.12. The Bertz CT molecular complexity index is 790. The number of rotatable bonds is 2. The standard InChI is InChI=1S/C15H13N3S2/c19-15-17-16-14(18(15)11-6-2-1-3-7-11)13-9-10-5-4-8-12(10)20-13/h1-3,6-7,9H,4-5,8H2,(H,17,19). The van der Waals surface area contributed by atoms with Crippen molar-refractivity contribution in [3.05, 3.63) is 51.6 Å². The number of benzene rings is 1. The van der Waals surface area contributed by atoms with Gasteiger partial charge in [-0.15, -0.1) is 11.3 Å². The van der Waals surface area contributed by atoms with Crippen molar-refractivity contribution in [1.82, 2.24) is 14.8 Å². The summed E-state index contributed by atoms with van der Waals surface area (Å²) in [5.41, 5.74) is 2.54. The Labute approximate surface area is 125 Å². The van der Waals surface area contributed by atoms with Crippen LogP contribution in [-0.4, -0.2) is 14.8 Å². The molecule has 1 aromatic carbocycles. The molecule has 0 aliphatic heterocycles. The minimum absolute atomic E-state index is 0.639. The summed E-state index contributed by atoms with van der Waals surface area (Å²) < 4.78 is 2.65. The number of aromatic amines is 1. The molecule has 3 aromatic rings. The number of aromatic nitrogens is 3. The van der Waals surface area contributed by atoms with Crippen molar-refractivity contribution in [2.24, 2.45) is 0 Å². The minimum Gasteiger partial charge on any atom is -0.267 e. The first-order valence-electron chi connectivity index (χ1n) is 6.68. The van der Waals surface area contributed by atoms with Crippen molar-refractivity contribution in [2.45, 2.75) is 19.3 Å². The summed E-state index contributed by atoms with van der Waals surface area (Å²) >= 11 is 7.23. The van der Waals surface area contributed by atoms with Crippen LogP contribution in [0.1, 0.15) is 16.9 Å². The van der Waals surface area contributed by atoms with Crippen LogP contribution >= 0.6 is 23.6 Å². The van der Waals surface area contributed by atoms with Gasteiger partial charge in [0.1, 0.15) is 0 Å². The fourth-order valence-electron chi connectivity index (χ4n) is 2.72. The third kappa shape index (κ3) is 1.85. The molecule has 0 fully saturated rings. The molecule has 2 aromatic heterocycles. The van der Waals surface area contributed by atoms with Gasteiger partial charge in [-0.2, -0.15) is 5.10 Å². The van der Waals surface area contributed by atoms with Crippen LogP contribution in [0.3, 0.4) is 0 Å². The lowest BCUT2D eigenvalue weighted by atomic mass is 10.2. The zero-order valence-corrected chi connectivity index (χ0v) is 12.4. The second kappa shape index (κ2) is 4.68. The van der Waals surface area contributed by atoms with Crippen LogP contribution in [0, 0.1) is 4.77 Å². The molecule has 0 bridgehead atoms. The van der Waals surface area contributed by atoms with E-state index in [9.17, 15) is 0 Å². The molecular formula is C15H13N3S2. The summed E-state index contributed by atoms with van der Waals surface area (Å²) in [7, 11) is 0. The van der Waals surface area contributed by atoms with Crippen LogP contribution in [0.5, 0.6) is 0 Å². The number of hydrogen-bond donors (Lipinski definition) is 1. The highest BCUT2D eigenvalue weighted by Gasteiger charge is 2.19. The molecule has 1 N–H and O–H groups in total. The lowest BCUT2D eigenvalue weighted by molar-refractivity contribution is 0.914. The predicted octanol–water partition coefficient (Wildman–Crippen LogP) is 4.15. The molecule has 0 saturated heterocycles. The van der Waals surface area contributed by atoms with E-state index in [0.717, 1.165) is 11.5 Å². The maximum Gasteiger partial charge on any atom is 0.200 e. The molecule has 0 spiro atoms. The Morgan fingerprint density at radius 2 is 2.05 bits per heavy atom. The maximum absolute atomic E-state index is 5.39. The van der Waals surface area contributed by atoms with E-state index in [1.165, 1.54) is 34.6 Å². The number of para-hydroxylation sites is 1. The normalized spacial score (nSPS) is 13.6. The van der Waals surface area contributed by atoms with Gasteiger partial charge in [-0.3, -0.25) is 9.67 Å². The van der Waals surface area contributed by atoms with Gasteiger partial charge in [-0.05, 0) is 55.2 Å². The second-order valence-electron chi connectivity index (χ2n) is 4.94. The van der Waals surface area contributed by atoms with E-state index in [-0.39, 0.29) is 0 Å². The Hall–Kier alpha value is -1.72. The first-order chi connectivity index (χ1) is 9.83. The van der Waals surface area contributed by atoms with E-state index in [0.29, 0.717) is 4.77 Å². The molecule has 0 saturated carbocycles. The Kier molecular flexibility index (Phi) is 2.82.